The first-order valence-corrected chi connectivity index (χ1v) is 13.6. The van der Waals surface area contributed by atoms with Crippen molar-refractivity contribution in [1.82, 2.24) is 14.8 Å². The predicted octanol–water partition coefficient (Wildman–Crippen LogP) is 5.38. The molecular formula is C31H38FN5O2. The van der Waals surface area contributed by atoms with E-state index in [-0.39, 0.29) is 29.6 Å². The molecule has 0 atom stereocenters. The molecule has 4 rings (SSSR count). The first-order chi connectivity index (χ1) is 18.7. The van der Waals surface area contributed by atoms with E-state index in [0.29, 0.717) is 11.3 Å². The number of piperidine rings is 1. The molecule has 0 spiro atoms. The largest absolute Gasteiger partial charge is 0.366 e. The van der Waals surface area contributed by atoms with Gasteiger partial charge in [0, 0.05) is 67.0 Å². The van der Waals surface area contributed by atoms with Crippen molar-refractivity contribution in [2.45, 2.75) is 65.2 Å². The van der Waals surface area contributed by atoms with E-state index in [1.807, 2.05) is 61.9 Å². The quantitative estimate of drug-likeness (QED) is 0.401. The lowest BCUT2D eigenvalue weighted by atomic mass is 9.99. The van der Waals surface area contributed by atoms with Crippen molar-refractivity contribution in [1.29, 1.82) is 0 Å². The molecule has 39 heavy (non-hydrogen) atoms. The summed E-state index contributed by atoms with van der Waals surface area (Å²) in [5, 5.41) is 0. The van der Waals surface area contributed by atoms with Gasteiger partial charge < -0.3 is 15.5 Å². The van der Waals surface area contributed by atoms with Gasteiger partial charge in [-0.05, 0) is 94.6 Å². The maximum absolute atomic E-state index is 15.3. The van der Waals surface area contributed by atoms with Gasteiger partial charge in [0.05, 0.1) is 5.69 Å². The summed E-state index contributed by atoms with van der Waals surface area (Å²) >= 11 is 0. The highest BCUT2D eigenvalue weighted by molar-refractivity contribution is 5.95. The van der Waals surface area contributed by atoms with Crippen LogP contribution in [-0.4, -0.2) is 57.8 Å². The van der Waals surface area contributed by atoms with Crippen LogP contribution in [0.25, 0.3) is 0 Å². The molecule has 1 aromatic heterocycles. The average molecular weight is 532 g/mol. The molecule has 1 aliphatic rings. The Bertz CT molecular complexity index is 1260. The predicted molar refractivity (Wildman–Crippen MR) is 152 cm³/mol. The lowest BCUT2D eigenvalue weighted by Crippen LogP contribution is -2.43. The number of pyridine rings is 1. The Morgan fingerprint density at radius 3 is 2.21 bits per heavy atom. The van der Waals surface area contributed by atoms with Crippen molar-refractivity contribution in [3.05, 3.63) is 89.5 Å². The average Bonchev–Trinajstić information content (AvgIpc) is 2.91. The number of carbonyl (C=O) groups excluding carboxylic acids is 2. The molecule has 8 heteroatoms. The summed E-state index contributed by atoms with van der Waals surface area (Å²) in [6, 6.07) is 15.7. The van der Waals surface area contributed by atoms with Crippen LogP contribution >= 0.6 is 0 Å². The van der Waals surface area contributed by atoms with Crippen LogP contribution < -0.4 is 10.6 Å². The SMILES string of the molecule is CC(C)N(C(=O)c1ccc(N(c2cc(C(N)=O)ccc2F)C2CCN(Cc3cccnc3)CC2)cc1)C(C)C. The van der Waals surface area contributed by atoms with Gasteiger partial charge in [-0.1, -0.05) is 6.07 Å². The number of rotatable bonds is 9. The van der Waals surface area contributed by atoms with Gasteiger partial charge in [-0.25, -0.2) is 4.39 Å². The summed E-state index contributed by atoms with van der Waals surface area (Å²) in [7, 11) is 0. The second kappa shape index (κ2) is 12.4. The summed E-state index contributed by atoms with van der Waals surface area (Å²) in [5.74, 6) is -1.07. The number of nitrogens with zero attached hydrogens (tertiary/aromatic N) is 4. The fraction of sp³-hybridized carbons (Fsp3) is 0.387. The van der Waals surface area contributed by atoms with Crippen LogP contribution in [0.2, 0.25) is 0 Å². The molecule has 3 aromatic rings. The zero-order chi connectivity index (χ0) is 28.1. The number of anilines is 2. The molecule has 0 radical (unpaired) electrons. The van der Waals surface area contributed by atoms with Gasteiger partial charge in [0.1, 0.15) is 5.82 Å². The van der Waals surface area contributed by atoms with Crippen LogP contribution in [0, 0.1) is 5.82 Å². The van der Waals surface area contributed by atoms with Gasteiger partial charge in [0.15, 0.2) is 0 Å². The number of hydrogen-bond acceptors (Lipinski definition) is 5. The fourth-order valence-electron chi connectivity index (χ4n) is 5.46. The van der Waals surface area contributed by atoms with Gasteiger partial charge in [-0.15, -0.1) is 0 Å². The van der Waals surface area contributed by atoms with E-state index in [1.165, 1.54) is 18.2 Å². The summed E-state index contributed by atoms with van der Waals surface area (Å²) in [4.78, 5) is 35.6. The Hall–Kier alpha value is -3.78. The zero-order valence-corrected chi connectivity index (χ0v) is 23.2. The molecule has 2 aromatic carbocycles. The molecule has 0 unspecified atom stereocenters. The number of carbonyl (C=O) groups is 2. The van der Waals surface area contributed by atoms with E-state index in [2.05, 4.69) is 16.0 Å². The molecule has 0 bridgehead atoms. The number of amides is 2. The minimum Gasteiger partial charge on any atom is -0.366 e. The van der Waals surface area contributed by atoms with Crippen molar-refractivity contribution in [2.24, 2.45) is 5.73 Å². The van der Waals surface area contributed by atoms with Gasteiger partial charge in [-0.3, -0.25) is 19.5 Å². The van der Waals surface area contributed by atoms with Crippen LogP contribution in [0.1, 0.15) is 66.8 Å². The monoisotopic (exact) mass is 531 g/mol. The summed E-state index contributed by atoms with van der Waals surface area (Å²) < 4.78 is 15.3. The Morgan fingerprint density at radius 1 is 1.00 bits per heavy atom. The van der Waals surface area contributed by atoms with E-state index in [9.17, 15) is 9.59 Å². The van der Waals surface area contributed by atoms with E-state index in [1.54, 1.807) is 18.3 Å². The highest BCUT2D eigenvalue weighted by Crippen LogP contribution is 2.35. The number of primary amides is 1. The number of nitrogens with two attached hydrogens (primary N) is 1. The van der Waals surface area contributed by atoms with Crippen LogP contribution in [0.4, 0.5) is 15.8 Å². The smallest absolute Gasteiger partial charge is 0.254 e. The third-order valence-corrected chi connectivity index (χ3v) is 7.28. The normalized spacial score (nSPS) is 14.5. The lowest BCUT2D eigenvalue weighted by molar-refractivity contribution is 0.0643. The molecule has 206 valence electrons. The minimum atomic E-state index is -0.606. The number of likely N-dealkylation sites (tertiary alicyclic amines) is 1. The van der Waals surface area contributed by atoms with Gasteiger partial charge in [0.2, 0.25) is 5.91 Å². The Labute approximate surface area is 230 Å². The van der Waals surface area contributed by atoms with E-state index < -0.39 is 11.7 Å². The van der Waals surface area contributed by atoms with Crippen LogP contribution in [-0.2, 0) is 6.54 Å². The van der Waals surface area contributed by atoms with Crippen molar-refractivity contribution in [3.8, 4) is 0 Å². The van der Waals surface area contributed by atoms with Crippen molar-refractivity contribution < 1.29 is 14.0 Å². The molecule has 0 saturated carbocycles. The minimum absolute atomic E-state index is 0.00264. The summed E-state index contributed by atoms with van der Waals surface area (Å²) in [6.07, 6.45) is 5.25. The number of hydrogen-bond donors (Lipinski definition) is 1. The third kappa shape index (κ3) is 6.63. The lowest BCUT2D eigenvalue weighted by Gasteiger charge is -2.40. The van der Waals surface area contributed by atoms with Crippen LogP contribution in [0.3, 0.4) is 0 Å². The first-order valence-electron chi connectivity index (χ1n) is 13.6. The number of benzene rings is 2. The molecule has 1 aliphatic heterocycles. The van der Waals surface area contributed by atoms with Gasteiger partial charge in [0.25, 0.3) is 5.91 Å². The highest BCUT2D eigenvalue weighted by Gasteiger charge is 2.29. The molecule has 1 saturated heterocycles. The second-order valence-electron chi connectivity index (χ2n) is 10.7. The van der Waals surface area contributed by atoms with Crippen LogP contribution in [0.5, 0.6) is 0 Å². The molecule has 2 N–H and O–H groups in total. The number of aromatic nitrogens is 1. The van der Waals surface area contributed by atoms with E-state index >= 15 is 4.39 Å². The highest BCUT2D eigenvalue weighted by atomic mass is 19.1. The standard InChI is InChI=1S/C31H38FN5O2/c1-21(2)36(22(3)4)31(39)24-7-10-26(11-8-24)37(29-18-25(30(33)38)9-12-28(29)32)27-13-16-35(17-14-27)20-23-6-5-15-34-19-23/h5-12,15,18-19,21-22,27H,13-14,16-17,20H2,1-4H3,(H2,33,38). The molecule has 2 amide bonds. The maximum atomic E-state index is 15.3. The number of halogens is 1. The van der Waals surface area contributed by atoms with E-state index in [0.717, 1.165) is 43.7 Å². The zero-order valence-electron chi connectivity index (χ0n) is 23.2. The van der Waals surface area contributed by atoms with Crippen molar-refractivity contribution in [3.63, 3.8) is 0 Å². The molecular weight excluding hydrogens is 493 g/mol. The van der Waals surface area contributed by atoms with Crippen molar-refractivity contribution in [2.75, 3.05) is 18.0 Å². The Morgan fingerprint density at radius 2 is 1.64 bits per heavy atom. The van der Waals surface area contributed by atoms with Gasteiger partial charge in [-0.2, -0.15) is 0 Å². The van der Waals surface area contributed by atoms with Crippen LogP contribution in [0.15, 0.2) is 67.0 Å². The second-order valence-corrected chi connectivity index (χ2v) is 10.7. The summed E-state index contributed by atoms with van der Waals surface area (Å²) in [6.45, 7) is 10.5. The Balaban J connectivity index is 1.63. The third-order valence-electron chi connectivity index (χ3n) is 7.28. The molecule has 1 fully saturated rings. The van der Waals surface area contributed by atoms with Crippen molar-refractivity contribution >= 4 is 23.2 Å². The maximum Gasteiger partial charge on any atom is 0.254 e. The molecule has 2 heterocycles. The van der Waals surface area contributed by atoms with Gasteiger partial charge >= 0.3 is 0 Å². The van der Waals surface area contributed by atoms with E-state index in [4.69, 9.17) is 5.73 Å². The topological polar surface area (TPSA) is 82.8 Å². The first kappa shape index (κ1) is 28.2. The fourth-order valence-corrected chi connectivity index (χ4v) is 5.46. The summed E-state index contributed by atoms with van der Waals surface area (Å²) in [5.41, 5.74) is 8.60. The Kier molecular flexibility index (Phi) is 8.97. The molecule has 7 nitrogen and oxygen atoms in total. The molecule has 0 aliphatic carbocycles.